The molecule has 1 N–H and O–H groups in total. The Bertz CT molecular complexity index is 379. The maximum Gasteiger partial charge on any atom is 0.318 e. The van der Waals surface area contributed by atoms with Crippen molar-refractivity contribution in [3.8, 4) is 6.01 Å². The smallest absolute Gasteiger partial charge is 0.318 e. The Labute approximate surface area is 100 Å². The molecule has 1 saturated carbocycles. The highest BCUT2D eigenvalue weighted by Gasteiger charge is 2.31. The van der Waals surface area contributed by atoms with Crippen LogP contribution in [0.15, 0.2) is 6.20 Å². The highest BCUT2D eigenvalue weighted by atomic mass is 35.5. The van der Waals surface area contributed by atoms with Gasteiger partial charge in [0.15, 0.2) is 5.82 Å². The van der Waals surface area contributed by atoms with Crippen molar-refractivity contribution >= 4 is 17.4 Å². The number of nitrogens with zero attached hydrogens (tertiary/aromatic N) is 2. The number of anilines is 1. The monoisotopic (exact) mass is 241 g/mol. The molecule has 1 aliphatic rings. The molecule has 4 nitrogen and oxygen atoms in total. The lowest BCUT2D eigenvalue weighted by Gasteiger charge is -2.38. The van der Waals surface area contributed by atoms with Crippen molar-refractivity contribution in [2.24, 2.45) is 5.41 Å². The Hall–Kier alpha value is -1.03. The molecule has 0 amide bonds. The lowest BCUT2D eigenvalue weighted by molar-refractivity contribution is 0.179. The Morgan fingerprint density at radius 1 is 1.56 bits per heavy atom. The highest BCUT2D eigenvalue weighted by Crippen LogP contribution is 2.40. The second-order valence-electron chi connectivity index (χ2n) is 4.57. The molecule has 5 heteroatoms. The standard InChI is InChI=1S/C11H16ClN3O/c1-11(4-3-5-11)7-14-9-8(12)6-13-10(15-9)16-2/h6H,3-5,7H2,1-2H3,(H,13,14,15). The number of aromatic nitrogens is 2. The van der Waals surface area contributed by atoms with Gasteiger partial charge in [-0.05, 0) is 18.3 Å². The van der Waals surface area contributed by atoms with Crippen LogP contribution in [0.4, 0.5) is 5.82 Å². The maximum absolute atomic E-state index is 6.00. The molecule has 88 valence electrons. The fraction of sp³-hybridized carbons (Fsp3) is 0.636. The Morgan fingerprint density at radius 3 is 2.88 bits per heavy atom. The fourth-order valence-electron chi connectivity index (χ4n) is 1.83. The molecule has 1 fully saturated rings. The van der Waals surface area contributed by atoms with Gasteiger partial charge in [-0.15, -0.1) is 0 Å². The van der Waals surface area contributed by atoms with Gasteiger partial charge in [-0.3, -0.25) is 0 Å². The zero-order valence-corrected chi connectivity index (χ0v) is 10.3. The summed E-state index contributed by atoms with van der Waals surface area (Å²) >= 11 is 6.00. The predicted molar refractivity (Wildman–Crippen MR) is 64.0 cm³/mol. The molecule has 1 aromatic rings. The topological polar surface area (TPSA) is 47.0 Å². The van der Waals surface area contributed by atoms with Crippen LogP contribution in [0.5, 0.6) is 6.01 Å². The van der Waals surface area contributed by atoms with E-state index in [0.29, 0.717) is 22.3 Å². The molecule has 0 bridgehead atoms. The van der Waals surface area contributed by atoms with E-state index in [2.05, 4.69) is 22.2 Å². The first-order chi connectivity index (χ1) is 7.63. The summed E-state index contributed by atoms with van der Waals surface area (Å²) in [5.74, 6) is 0.654. The zero-order chi connectivity index (χ0) is 11.6. The number of hydrogen-bond acceptors (Lipinski definition) is 4. The van der Waals surface area contributed by atoms with Crippen molar-refractivity contribution in [3.05, 3.63) is 11.2 Å². The molecule has 0 radical (unpaired) electrons. The van der Waals surface area contributed by atoms with Crippen LogP contribution < -0.4 is 10.1 Å². The third kappa shape index (κ3) is 2.38. The summed E-state index contributed by atoms with van der Waals surface area (Å²) in [4.78, 5) is 8.11. The summed E-state index contributed by atoms with van der Waals surface area (Å²) in [6.07, 6.45) is 5.40. The number of halogens is 1. The molecule has 0 atom stereocenters. The third-order valence-corrected chi connectivity index (χ3v) is 3.42. The molecule has 0 aliphatic heterocycles. The van der Waals surface area contributed by atoms with Gasteiger partial charge >= 0.3 is 6.01 Å². The Morgan fingerprint density at radius 2 is 2.31 bits per heavy atom. The molecular formula is C11H16ClN3O. The van der Waals surface area contributed by atoms with E-state index in [4.69, 9.17) is 16.3 Å². The van der Waals surface area contributed by atoms with Gasteiger partial charge in [0.25, 0.3) is 0 Å². The van der Waals surface area contributed by atoms with Crippen LogP contribution in [0.25, 0.3) is 0 Å². The number of ether oxygens (including phenoxy) is 1. The maximum atomic E-state index is 6.00. The summed E-state index contributed by atoms with van der Waals surface area (Å²) in [6, 6.07) is 0.339. The second kappa shape index (κ2) is 4.45. The van der Waals surface area contributed by atoms with Crippen molar-refractivity contribution in [1.29, 1.82) is 0 Å². The van der Waals surface area contributed by atoms with Gasteiger partial charge in [0.05, 0.1) is 13.3 Å². The quantitative estimate of drug-likeness (QED) is 0.881. The van der Waals surface area contributed by atoms with E-state index in [9.17, 15) is 0 Å². The average Bonchev–Trinajstić information content (AvgIpc) is 2.25. The van der Waals surface area contributed by atoms with Crippen LogP contribution in [-0.4, -0.2) is 23.6 Å². The fourth-order valence-corrected chi connectivity index (χ4v) is 1.99. The van der Waals surface area contributed by atoms with Crippen LogP contribution >= 0.6 is 11.6 Å². The van der Waals surface area contributed by atoms with Crippen molar-refractivity contribution < 1.29 is 4.74 Å². The molecule has 0 saturated heterocycles. The molecule has 1 heterocycles. The summed E-state index contributed by atoms with van der Waals surface area (Å²) in [5, 5.41) is 3.80. The normalized spacial score (nSPS) is 17.7. The molecule has 1 aliphatic carbocycles. The van der Waals surface area contributed by atoms with Gasteiger partial charge in [-0.25, -0.2) is 4.98 Å². The van der Waals surface area contributed by atoms with Crippen molar-refractivity contribution in [2.45, 2.75) is 26.2 Å². The van der Waals surface area contributed by atoms with Gasteiger partial charge < -0.3 is 10.1 Å². The Kier molecular flexibility index (Phi) is 3.19. The first-order valence-electron chi connectivity index (χ1n) is 5.43. The Balaban J connectivity index is 2.02. The van der Waals surface area contributed by atoms with E-state index >= 15 is 0 Å². The van der Waals surface area contributed by atoms with Crippen LogP contribution in [0, 0.1) is 5.41 Å². The van der Waals surface area contributed by atoms with Gasteiger partial charge in [0.1, 0.15) is 5.02 Å². The summed E-state index contributed by atoms with van der Waals surface area (Å²) in [5.41, 5.74) is 0.390. The predicted octanol–water partition coefficient (Wildman–Crippen LogP) is 2.74. The molecule has 16 heavy (non-hydrogen) atoms. The molecular weight excluding hydrogens is 226 g/mol. The van der Waals surface area contributed by atoms with Crippen LogP contribution in [0.2, 0.25) is 5.02 Å². The van der Waals surface area contributed by atoms with E-state index in [1.807, 2.05) is 0 Å². The van der Waals surface area contributed by atoms with Crippen molar-refractivity contribution in [1.82, 2.24) is 9.97 Å². The highest BCUT2D eigenvalue weighted by molar-refractivity contribution is 6.32. The van der Waals surface area contributed by atoms with Gasteiger partial charge in [0, 0.05) is 6.54 Å². The van der Waals surface area contributed by atoms with Gasteiger partial charge in [-0.2, -0.15) is 4.98 Å². The van der Waals surface area contributed by atoms with E-state index in [-0.39, 0.29) is 0 Å². The molecule has 0 aromatic carbocycles. The van der Waals surface area contributed by atoms with Crippen molar-refractivity contribution in [3.63, 3.8) is 0 Å². The molecule has 2 rings (SSSR count). The SMILES string of the molecule is COc1ncc(Cl)c(NCC2(C)CCC2)n1. The van der Waals surface area contributed by atoms with Gasteiger partial charge in [0.2, 0.25) is 0 Å². The molecule has 1 aromatic heterocycles. The first kappa shape index (κ1) is 11.5. The number of rotatable bonds is 4. The number of methoxy groups -OCH3 is 1. The van der Waals surface area contributed by atoms with Crippen LogP contribution in [0.1, 0.15) is 26.2 Å². The van der Waals surface area contributed by atoms with Crippen LogP contribution in [0.3, 0.4) is 0 Å². The molecule has 0 unspecified atom stereocenters. The van der Waals surface area contributed by atoms with E-state index in [1.165, 1.54) is 19.3 Å². The third-order valence-electron chi connectivity index (χ3n) is 3.15. The lowest BCUT2D eigenvalue weighted by Crippen LogP contribution is -2.33. The summed E-state index contributed by atoms with van der Waals surface area (Å²) in [7, 11) is 1.54. The van der Waals surface area contributed by atoms with E-state index in [1.54, 1.807) is 13.3 Å². The average molecular weight is 242 g/mol. The van der Waals surface area contributed by atoms with Crippen molar-refractivity contribution in [2.75, 3.05) is 19.0 Å². The second-order valence-corrected chi connectivity index (χ2v) is 4.98. The number of hydrogen-bond donors (Lipinski definition) is 1. The lowest BCUT2D eigenvalue weighted by atomic mass is 9.70. The minimum Gasteiger partial charge on any atom is -0.467 e. The van der Waals surface area contributed by atoms with Crippen LogP contribution in [-0.2, 0) is 0 Å². The van der Waals surface area contributed by atoms with Gasteiger partial charge in [-0.1, -0.05) is 24.9 Å². The minimum absolute atomic E-state index is 0.339. The summed E-state index contributed by atoms with van der Waals surface area (Å²) < 4.78 is 4.96. The first-order valence-corrected chi connectivity index (χ1v) is 5.81. The minimum atomic E-state index is 0.339. The summed E-state index contributed by atoms with van der Waals surface area (Å²) in [6.45, 7) is 3.17. The zero-order valence-electron chi connectivity index (χ0n) is 9.59. The van der Waals surface area contributed by atoms with E-state index < -0.39 is 0 Å². The van der Waals surface area contributed by atoms with E-state index in [0.717, 1.165) is 6.54 Å². The molecule has 0 spiro atoms. The largest absolute Gasteiger partial charge is 0.467 e. The number of nitrogens with one attached hydrogen (secondary N) is 1.